The van der Waals surface area contributed by atoms with Gasteiger partial charge in [0.15, 0.2) is 12.8 Å². The quantitative estimate of drug-likeness (QED) is 0.295. The fourth-order valence-corrected chi connectivity index (χ4v) is 3.83. The van der Waals surface area contributed by atoms with Gasteiger partial charge in [0.25, 0.3) is 0 Å². The lowest BCUT2D eigenvalue weighted by atomic mass is 10.1. The predicted octanol–water partition coefficient (Wildman–Crippen LogP) is 3.72. The van der Waals surface area contributed by atoms with Crippen LogP contribution in [0.2, 0.25) is 0 Å². The number of guanidine groups is 1. The largest absolute Gasteiger partial charge is 0.467 e. The summed E-state index contributed by atoms with van der Waals surface area (Å²) >= 11 is 1.69. The van der Waals surface area contributed by atoms with E-state index in [1.807, 2.05) is 0 Å². The van der Waals surface area contributed by atoms with Gasteiger partial charge in [-0.2, -0.15) is 0 Å². The summed E-state index contributed by atoms with van der Waals surface area (Å²) in [5, 5.41) is 6.51. The van der Waals surface area contributed by atoms with Crippen LogP contribution in [-0.4, -0.2) is 38.6 Å². The molecule has 29 heavy (non-hydrogen) atoms. The van der Waals surface area contributed by atoms with Gasteiger partial charge in [0.1, 0.15) is 17.4 Å². The van der Waals surface area contributed by atoms with Crippen molar-refractivity contribution in [3.63, 3.8) is 0 Å². The van der Waals surface area contributed by atoms with Crippen LogP contribution in [0.3, 0.4) is 0 Å². The molecular formula is C21H25F2N3O2S. The number of rotatable bonds is 8. The molecule has 0 atom stereocenters. The van der Waals surface area contributed by atoms with Crippen LogP contribution < -0.4 is 15.4 Å². The number of hydrogen-bond acceptors (Lipinski definition) is 4. The van der Waals surface area contributed by atoms with Crippen molar-refractivity contribution in [2.24, 2.45) is 4.99 Å². The minimum absolute atomic E-state index is 0.193. The molecule has 1 aliphatic rings. The highest BCUT2D eigenvalue weighted by atomic mass is 32.2. The van der Waals surface area contributed by atoms with Gasteiger partial charge < -0.3 is 20.1 Å². The fraction of sp³-hybridized carbons (Fsp3) is 0.381. The van der Waals surface area contributed by atoms with Gasteiger partial charge in [-0.1, -0.05) is 0 Å². The third-order valence-corrected chi connectivity index (χ3v) is 5.46. The van der Waals surface area contributed by atoms with Gasteiger partial charge in [-0.25, -0.2) is 8.78 Å². The normalized spacial score (nSPS) is 13.6. The first-order valence-corrected chi connectivity index (χ1v) is 10.5. The molecule has 0 bridgehead atoms. The zero-order chi connectivity index (χ0) is 20.5. The number of nitrogens with one attached hydrogen (secondary N) is 2. The van der Waals surface area contributed by atoms with Crippen molar-refractivity contribution in [2.75, 3.05) is 32.7 Å². The Balaban J connectivity index is 1.37. The number of thioether (sulfide) groups is 1. The van der Waals surface area contributed by atoms with Crippen LogP contribution in [0.25, 0.3) is 0 Å². The van der Waals surface area contributed by atoms with E-state index < -0.39 is 0 Å². The average molecular weight is 422 g/mol. The molecule has 1 aliphatic heterocycles. The Labute approximate surface area is 173 Å². The molecule has 5 nitrogen and oxygen atoms in total. The molecule has 0 radical (unpaired) electrons. The molecule has 0 aromatic heterocycles. The monoisotopic (exact) mass is 421 g/mol. The average Bonchev–Trinajstić information content (AvgIpc) is 2.73. The number of halogens is 2. The molecule has 0 aliphatic carbocycles. The first-order valence-electron chi connectivity index (χ1n) is 9.50. The summed E-state index contributed by atoms with van der Waals surface area (Å²) in [5.74, 6) is 1.84. The predicted molar refractivity (Wildman–Crippen MR) is 111 cm³/mol. The standard InChI is InChI=1S/C21H25F2N3O2S/c1-24-21(25-8-2-10-29-19-5-3-17(22)4-6-19)26-9-7-15-11-18(23)12-16-13-27-14-28-20(15)16/h3-6,11-12H,2,7-10,13-14H2,1H3,(H2,24,25,26). The molecule has 0 spiro atoms. The smallest absolute Gasteiger partial charge is 0.190 e. The van der Waals surface area contributed by atoms with Crippen LogP contribution in [0.4, 0.5) is 8.78 Å². The molecule has 2 N–H and O–H groups in total. The highest BCUT2D eigenvalue weighted by molar-refractivity contribution is 7.99. The number of aliphatic imine (C=N–C) groups is 1. The van der Waals surface area contributed by atoms with Crippen LogP contribution in [0.1, 0.15) is 17.5 Å². The third-order valence-electron chi connectivity index (χ3n) is 4.36. The molecule has 1 heterocycles. The minimum Gasteiger partial charge on any atom is -0.467 e. The van der Waals surface area contributed by atoms with Gasteiger partial charge in [-0.15, -0.1) is 11.8 Å². The van der Waals surface area contributed by atoms with E-state index in [1.54, 1.807) is 30.9 Å². The molecule has 0 fully saturated rings. The lowest BCUT2D eigenvalue weighted by Gasteiger charge is -2.21. The van der Waals surface area contributed by atoms with Crippen molar-refractivity contribution < 1.29 is 18.3 Å². The maximum atomic E-state index is 13.8. The maximum absolute atomic E-state index is 13.8. The minimum atomic E-state index is -0.283. The number of nitrogens with zero attached hydrogens (tertiary/aromatic N) is 1. The van der Waals surface area contributed by atoms with Gasteiger partial charge in [0.2, 0.25) is 0 Å². The molecular weight excluding hydrogens is 396 g/mol. The van der Waals surface area contributed by atoms with Crippen molar-refractivity contribution in [2.45, 2.75) is 24.3 Å². The zero-order valence-corrected chi connectivity index (χ0v) is 17.2. The van der Waals surface area contributed by atoms with E-state index in [2.05, 4.69) is 15.6 Å². The fourth-order valence-electron chi connectivity index (χ4n) is 2.98. The van der Waals surface area contributed by atoms with Crippen molar-refractivity contribution in [3.8, 4) is 5.75 Å². The third kappa shape index (κ3) is 6.61. The van der Waals surface area contributed by atoms with Crippen LogP contribution in [0.5, 0.6) is 5.75 Å². The molecule has 0 amide bonds. The number of hydrogen-bond donors (Lipinski definition) is 2. The zero-order valence-electron chi connectivity index (χ0n) is 16.3. The lowest BCUT2D eigenvalue weighted by Crippen LogP contribution is -2.38. The summed E-state index contributed by atoms with van der Waals surface area (Å²) in [6.07, 6.45) is 1.55. The SMILES string of the molecule is CN=C(NCCCSc1ccc(F)cc1)NCCc1cc(F)cc2c1OCOC2. The van der Waals surface area contributed by atoms with Gasteiger partial charge in [-0.05, 0) is 60.6 Å². The van der Waals surface area contributed by atoms with Crippen molar-refractivity contribution >= 4 is 17.7 Å². The number of benzene rings is 2. The van der Waals surface area contributed by atoms with Crippen LogP contribution in [-0.2, 0) is 17.8 Å². The molecule has 0 saturated carbocycles. The summed E-state index contributed by atoms with van der Waals surface area (Å²) in [7, 11) is 1.72. The second kappa shape index (κ2) is 11.0. The Hall–Kier alpha value is -2.32. The van der Waals surface area contributed by atoms with E-state index in [0.29, 0.717) is 25.5 Å². The first-order chi connectivity index (χ1) is 14.2. The Morgan fingerprint density at radius 3 is 2.69 bits per heavy atom. The topological polar surface area (TPSA) is 54.9 Å². The van der Waals surface area contributed by atoms with Gasteiger partial charge in [-0.3, -0.25) is 4.99 Å². The second-order valence-corrected chi connectivity index (χ2v) is 7.66. The number of fused-ring (bicyclic) bond motifs is 1. The van der Waals surface area contributed by atoms with E-state index in [-0.39, 0.29) is 18.4 Å². The first kappa shape index (κ1) is 21.4. The second-order valence-electron chi connectivity index (χ2n) is 6.50. The van der Waals surface area contributed by atoms with E-state index in [4.69, 9.17) is 9.47 Å². The van der Waals surface area contributed by atoms with Crippen molar-refractivity contribution in [1.29, 1.82) is 0 Å². The molecule has 0 saturated heterocycles. The Bertz CT molecular complexity index is 831. The van der Waals surface area contributed by atoms with E-state index in [1.165, 1.54) is 24.3 Å². The van der Waals surface area contributed by atoms with Gasteiger partial charge >= 0.3 is 0 Å². The van der Waals surface area contributed by atoms with E-state index >= 15 is 0 Å². The van der Waals surface area contributed by atoms with Crippen LogP contribution in [0.15, 0.2) is 46.3 Å². The molecule has 0 unspecified atom stereocenters. The highest BCUT2D eigenvalue weighted by Gasteiger charge is 2.16. The van der Waals surface area contributed by atoms with E-state index in [9.17, 15) is 8.78 Å². The van der Waals surface area contributed by atoms with Gasteiger partial charge in [0.05, 0.1) is 6.61 Å². The summed E-state index contributed by atoms with van der Waals surface area (Å²) in [6, 6.07) is 9.48. The summed E-state index contributed by atoms with van der Waals surface area (Å²) < 4.78 is 37.5. The Kier molecular flexibility index (Phi) is 8.13. The van der Waals surface area contributed by atoms with E-state index in [0.717, 1.165) is 40.5 Å². The molecule has 2 aromatic rings. The molecule has 2 aromatic carbocycles. The van der Waals surface area contributed by atoms with Crippen LogP contribution >= 0.6 is 11.8 Å². The van der Waals surface area contributed by atoms with Gasteiger partial charge in [0, 0.05) is 30.6 Å². The summed E-state index contributed by atoms with van der Waals surface area (Å²) in [4.78, 5) is 5.27. The Morgan fingerprint density at radius 1 is 1.10 bits per heavy atom. The van der Waals surface area contributed by atoms with Crippen molar-refractivity contribution in [1.82, 2.24) is 10.6 Å². The molecule has 156 valence electrons. The molecule has 8 heteroatoms. The Morgan fingerprint density at radius 2 is 1.90 bits per heavy atom. The molecule has 3 rings (SSSR count). The summed E-state index contributed by atoms with van der Waals surface area (Å²) in [5.41, 5.74) is 1.56. The lowest BCUT2D eigenvalue weighted by molar-refractivity contribution is -0.0172. The summed E-state index contributed by atoms with van der Waals surface area (Å²) in [6.45, 7) is 1.93. The highest BCUT2D eigenvalue weighted by Crippen LogP contribution is 2.29. The van der Waals surface area contributed by atoms with Crippen molar-refractivity contribution in [3.05, 3.63) is 59.2 Å². The van der Waals surface area contributed by atoms with Crippen LogP contribution in [0, 0.1) is 11.6 Å². The maximum Gasteiger partial charge on any atom is 0.190 e. The number of ether oxygens (including phenoxy) is 2.